The van der Waals surface area contributed by atoms with E-state index in [4.69, 9.17) is 9.15 Å². The molecule has 1 N–H and O–H groups in total. The van der Waals surface area contributed by atoms with Crippen molar-refractivity contribution < 1.29 is 14.3 Å². The number of aliphatic hydroxyl groups excluding tert-OH is 1. The fourth-order valence-corrected chi connectivity index (χ4v) is 2.88. The minimum atomic E-state index is -0.579. The Morgan fingerprint density at radius 1 is 1.32 bits per heavy atom. The highest BCUT2D eigenvalue weighted by Gasteiger charge is 2.26. The van der Waals surface area contributed by atoms with Crippen LogP contribution >= 0.6 is 0 Å². The SMILES string of the molecule is O[C@H](C[C@H]1COCCN1CCc1ccncc1)c1ccco1. The van der Waals surface area contributed by atoms with E-state index in [-0.39, 0.29) is 6.04 Å². The van der Waals surface area contributed by atoms with Gasteiger partial charge in [0.05, 0.1) is 19.5 Å². The second kappa shape index (κ2) is 7.54. The van der Waals surface area contributed by atoms with Crippen molar-refractivity contribution in [1.29, 1.82) is 0 Å². The van der Waals surface area contributed by atoms with Crippen molar-refractivity contribution in [2.75, 3.05) is 26.3 Å². The third-order valence-electron chi connectivity index (χ3n) is 4.15. The van der Waals surface area contributed by atoms with Crippen molar-refractivity contribution in [1.82, 2.24) is 9.88 Å². The molecule has 3 rings (SSSR count). The van der Waals surface area contributed by atoms with Crippen molar-refractivity contribution in [2.24, 2.45) is 0 Å². The van der Waals surface area contributed by atoms with Crippen LogP contribution in [0.5, 0.6) is 0 Å². The molecule has 0 saturated carbocycles. The molecule has 0 aliphatic carbocycles. The average molecular weight is 302 g/mol. The van der Waals surface area contributed by atoms with Crippen LogP contribution in [0, 0.1) is 0 Å². The predicted octanol–water partition coefficient (Wildman–Crippen LogP) is 2.04. The minimum absolute atomic E-state index is 0.218. The summed E-state index contributed by atoms with van der Waals surface area (Å²) in [5.41, 5.74) is 1.28. The topological polar surface area (TPSA) is 58.7 Å². The molecule has 0 spiro atoms. The maximum Gasteiger partial charge on any atom is 0.132 e. The fraction of sp³-hybridized carbons (Fsp3) is 0.471. The summed E-state index contributed by atoms with van der Waals surface area (Å²) in [5, 5.41) is 10.3. The maximum absolute atomic E-state index is 10.3. The van der Waals surface area contributed by atoms with Gasteiger partial charge in [0.25, 0.3) is 0 Å². The molecule has 3 heterocycles. The summed E-state index contributed by atoms with van der Waals surface area (Å²) in [5.74, 6) is 0.625. The molecule has 1 saturated heterocycles. The number of hydrogen-bond donors (Lipinski definition) is 1. The van der Waals surface area contributed by atoms with Crippen LogP contribution in [-0.2, 0) is 11.2 Å². The number of hydrogen-bond acceptors (Lipinski definition) is 5. The van der Waals surface area contributed by atoms with Crippen molar-refractivity contribution in [3.63, 3.8) is 0 Å². The molecule has 0 bridgehead atoms. The number of rotatable bonds is 6. The van der Waals surface area contributed by atoms with Crippen molar-refractivity contribution in [3.05, 3.63) is 54.2 Å². The second-order valence-corrected chi connectivity index (χ2v) is 5.64. The van der Waals surface area contributed by atoms with Crippen LogP contribution in [0.25, 0.3) is 0 Å². The standard InChI is InChI=1S/C17H22N2O3/c20-16(17-2-1-10-22-17)12-15-13-21-11-9-19(15)8-5-14-3-6-18-7-4-14/h1-4,6-7,10,15-16,20H,5,8-9,11-13H2/t15-,16+/m0/s1. The highest BCUT2D eigenvalue weighted by atomic mass is 16.5. The molecule has 0 aromatic carbocycles. The summed E-state index contributed by atoms with van der Waals surface area (Å²) < 4.78 is 10.9. The first-order chi connectivity index (χ1) is 10.8. The third-order valence-corrected chi connectivity index (χ3v) is 4.15. The van der Waals surface area contributed by atoms with Crippen LogP contribution in [0.2, 0.25) is 0 Å². The number of aliphatic hydroxyl groups is 1. The van der Waals surface area contributed by atoms with E-state index in [1.54, 1.807) is 12.3 Å². The molecule has 0 amide bonds. The Morgan fingerprint density at radius 3 is 2.95 bits per heavy atom. The maximum atomic E-state index is 10.3. The zero-order chi connectivity index (χ0) is 15.2. The number of aromatic nitrogens is 1. The first kappa shape index (κ1) is 15.2. The molecule has 5 nitrogen and oxygen atoms in total. The summed E-state index contributed by atoms with van der Waals surface area (Å²) in [6.07, 6.45) is 6.28. The molecule has 2 aromatic rings. The van der Waals surface area contributed by atoms with Gasteiger partial charge in [-0.3, -0.25) is 9.88 Å². The van der Waals surface area contributed by atoms with E-state index >= 15 is 0 Å². The van der Waals surface area contributed by atoms with E-state index in [0.29, 0.717) is 18.8 Å². The highest BCUT2D eigenvalue weighted by Crippen LogP contribution is 2.23. The molecule has 118 valence electrons. The summed E-state index contributed by atoms with van der Waals surface area (Å²) >= 11 is 0. The quantitative estimate of drug-likeness (QED) is 0.885. The lowest BCUT2D eigenvalue weighted by Crippen LogP contribution is -2.46. The highest BCUT2D eigenvalue weighted by molar-refractivity contribution is 5.10. The summed E-state index contributed by atoms with van der Waals surface area (Å²) in [6.45, 7) is 3.28. The zero-order valence-electron chi connectivity index (χ0n) is 12.6. The average Bonchev–Trinajstić information content (AvgIpc) is 3.10. The van der Waals surface area contributed by atoms with Gasteiger partial charge in [-0.25, -0.2) is 0 Å². The van der Waals surface area contributed by atoms with Crippen molar-refractivity contribution in [3.8, 4) is 0 Å². The number of ether oxygens (including phenoxy) is 1. The Bertz CT molecular complexity index is 544. The van der Waals surface area contributed by atoms with Crippen LogP contribution in [0.3, 0.4) is 0 Å². The van der Waals surface area contributed by atoms with Crippen LogP contribution in [0.4, 0.5) is 0 Å². The second-order valence-electron chi connectivity index (χ2n) is 5.64. The van der Waals surface area contributed by atoms with Gasteiger partial charge in [0.1, 0.15) is 11.9 Å². The molecule has 5 heteroatoms. The molecule has 0 unspecified atom stereocenters. The van der Waals surface area contributed by atoms with Crippen LogP contribution in [0.1, 0.15) is 23.8 Å². The lowest BCUT2D eigenvalue weighted by molar-refractivity contribution is -0.0279. The van der Waals surface area contributed by atoms with Crippen LogP contribution in [0.15, 0.2) is 47.3 Å². The van der Waals surface area contributed by atoms with E-state index in [1.165, 1.54) is 5.56 Å². The summed E-state index contributed by atoms with van der Waals surface area (Å²) in [6, 6.07) is 7.93. The smallest absolute Gasteiger partial charge is 0.132 e. The zero-order valence-corrected chi connectivity index (χ0v) is 12.6. The Balaban J connectivity index is 1.56. The number of nitrogens with zero attached hydrogens (tertiary/aromatic N) is 2. The van der Waals surface area contributed by atoms with E-state index in [9.17, 15) is 5.11 Å². The van der Waals surface area contributed by atoms with Gasteiger partial charge < -0.3 is 14.3 Å². The Hall–Kier alpha value is -1.69. The minimum Gasteiger partial charge on any atom is -0.467 e. The van der Waals surface area contributed by atoms with E-state index in [1.807, 2.05) is 30.6 Å². The third kappa shape index (κ3) is 3.94. The van der Waals surface area contributed by atoms with Crippen LogP contribution < -0.4 is 0 Å². The van der Waals surface area contributed by atoms with Gasteiger partial charge in [-0.1, -0.05) is 0 Å². The Kier molecular flexibility index (Phi) is 5.21. The predicted molar refractivity (Wildman–Crippen MR) is 82.4 cm³/mol. The summed E-state index contributed by atoms with van der Waals surface area (Å²) in [4.78, 5) is 6.44. The van der Waals surface area contributed by atoms with E-state index in [0.717, 1.165) is 26.1 Å². The van der Waals surface area contributed by atoms with E-state index in [2.05, 4.69) is 9.88 Å². The molecule has 2 aromatic heterocycles. The Morgan fingerprint density at radius 2 is 2.18 bits per heavy atom. The molecule has 1 fully saturated rings. The summed E-state index contributed by atoms with van der Waals surface area (Å²) in [7, 11) is 0. The Labute approximate surface area is 130 Å². The van der Waals surface area contributed by atoms with Gasteiger partial charge in [-0.2, -0.15) is 0 Å². The largest absolute Gasteiger partial charge is 0.467 e. The number of furan rings is 1. The normalized spacial score (nSPS) is 20.9. The lowest BCUT2D eigenvalue weighted by atomic mass is 10.0. The van der Waals surface area contributed by atoms with Gasteiger partial charge in [0.2, 0.25) is 0 Å². The lowest BCUT2D eigenvalue weighted by Gasteiger charge is -2.36. The van der Waals surface area contributed by atoms with Crippen molar-refractivity contribution in [2.45, 2.75) is 25.0 Å². The molecule has 22 heavy (non-hydrogen) atoms. The molecular formula is C17H22N2O3. The van der Waals surface area contributed by atoms with Crippen molar-refractivity contribution >= 4 is 0 Å². The molecule has 0 radical (unpaired) electrons. The first-order valence-corrected chi connectivity index (χ1v) is 7.75. The van der Waals surface area contributed by atoms with Gasteiger partial charge in [0.15, 0.2) is 0 Å². The van der Waals surface area contributed by atoms with Crippen LogP contribution in [-0.4, -0.2) is 47.3 Å². The first-order valence-electron chi connectivity index (χ1n) is 7.75. The molecule has 1 aliphatic heterocycles. The molecular weight excluding hydrogens is 280 g/mol. The number of pyridine rings is 1. The number of morpholine rings is 1. The van der Waals surface area contributed by atoms with Gasteiger partial charge >= 0.3 is 0 Å². The van der Waals surface area contributed by atoms with Gasteiger partial charge in [-0.15, -0.1) is 0 Å². The van der Waals surface area contributed by atoms with Gasteiger partial charge in [0, 0.05) is 31.5 Å². The molecule has 1 aliphatic rings. The molecule has 2 atom stereocenters. The monoisotopic (exact) mass is 302 g/mol. The van der Waals surface area contributed by atoms with E-state index < -0.39 is 6.10 Å². The van der Waals surface area contributed by atoms with Gasteiger partial charge in [-0.05, 0) is 42.7 Å². The fourth-order valence-electron chi connectivity index (χ4n) is 2.88.